The zero-order chi connectivity index (χ0) is 24.7. The first kappa shape index (κ1) is 24.8. The standard InChI is InChI=1S/C22H20F3N5O3S/c1-30-10-9-26-21(30)34-12-18(31)28-16-7-5-14(6-8-16)20(33)29-17-4-2-3-15(11-17)19(32)27-13-22(23,24)25/h2-11H,12-13H2,1H3,(H,27,32)(H,28,31)(H,29,33). The lowest BCUT2D eigenvalue weighted by Crippen LogP contribution is -2.33. The molecule has 1 heterocycles. The monoisotopic (exact) mass is 491 g/mol. The number of rotatable bonds is 8. The lowest BCUT2D eigenvalue weighted by molar-refractivity contribution is -0.123. The number of nitrogens with one attached hydrogen (secondary N) is 3. The van der Waals surface area contributed by atoms with Crippen molar-refractivity contribution >= 4 is 40.9 Å². The number of thioether (sulfide) groups is 1. The number of carbonyl (C=O) groups is 3. The fourth-order valence-corrected chi connectivity index (χ4v) is 3.48. The Morgan fingerprint density at radius 3 is 2.35 bits per heavy atom. The van der Waals surface area contributed by atoms with E-state index < -0.39 is 24.5 Å². The normalized spacial score (nSPS) is 11.1. The predicted octanol–water partition coefficient (Wildman–Crippen LogP) is 3.70. The topological polar surface area (TPSA) is 105 Å². The summed E-state index contributed by atoms with van der Waals surface area (Å²) in [5.74, 6) is -1.46. The number of halogens is 3. The molecule has 1 aromatic heterocycles. The van der Waals surface area contributed by atoms with Crippen LogP contribution in [0.5, 0.6) is 0 Å². The SMILES string of the molecule is Cn1ccnc1SCC(=O)Nc1ccc(C(=O)Nc2cccc(C(=O)NCC(F)(F)F)c2)cc1. The molecular formula is C22H20F3N5O3S. The van der Waals surface area contributed by atoms with Gasteiger partial charge in [-0.05, 0) is 42.5 Å². The zero-order valence-corrected chi connectivity index (χ0v) is 18.7. The summed E-state index contributed by atoms with van der Waals surface area (Å²) < 4.78 is 38.6. The second-order valence-electron chi connectivity index (χ2n) is 7.07. The van der Waals surface area contributed by atoms with Gasteiger partial charge in [-0.1, -0.05) is 17.8 Å². The van der Waals surface area contributed by atoms with Crippen LogP contribution in [-0.4, -0.2) is 45.7 Å². The van der Waals surface area contributed by atoms with Crippen molar-refractivity contribution in [2.24, 2.45) is 7.05 Å². The minimum atomic E-state index is -4.52. The van der Waals surface area contributed by atoms with E-state index in [1.165, 1.54) is 48.2 Å². The Labute approximate surface area is 196 Å². The molecule has 0 aliphatic carbocycles. The molecule has 34 heavy (non-hydrogen) atoms. The summed E-state index contributed by atoms with van der Waals surface area (Å²) in [6, 6.07) is 11.7. The van der Waals surface area contributed by atoms with E-state index in [0.717, 1.165) is 0 Å². The Balaban J connectivity index is 1.54. The second-order valence-corrected chi connectivity index (χ2v) is 8.01. The molecule has 3 N–H and O–H groups in total. The average molecular weight is 491 g/mol. The molecule has 2 aromatic carbocycles. The van der Waals surface area contributed by atoms with Crippen molar-refractivity contribution in [1.82, 2.24) is 14.9 Å². The number of benzene rings is 2. The Hall–Kier alpha value is -3.80. The van der Waals surface area contributed by atoms with E-state index in [0.29, 0.717) is 10.8 Å². The van der Waals surface area contributed by atoms with E-state index in [1.807, 2.05) is 7.05 Å². The third kappa shape index (κ3) is 7.37. The lowest BCUT2D eigenvalue weighted by Gasteiger charge is -2.10. The first-order valence-corrected chi connectivity index (χ1v) is 10.9. The summed E-state index contributed by atoms with van der Waals surface area (Å²) in [5, 5.41) is 7.80. The zero-order valence-electron chi connectivity index (χ0n) is 17.8. The number of hydrogen-bond donors (Lipinski definition) is 3. The lowest BCUT2D eigenvalue weighted by atomic mass is 10.1. The maximum atomic E-state index is 12.5. The highest BCUT2D eigenvalue weighted by atomic mass is 32.2. The molecule has 178 valence electrons. The van der Waals surface area contributed by atoms with Gasteiger partial charge in [0.15, 0.2) is 5.16 Å². The molecule has 3 rings (SSSR count). The maximum absolute atomic E-state index is 12.5. The van der Waals surface area contributed by atoms with Crippen LogP contribution in [0.25, 0.3) is 0 Å². The van der Waals surface area contributed by atoms with Gasteiger partial charge < -0.3 is 20.5 Å². The van der Waals surface area contributed by atoms with Gasteiger partial charge in [-0.15, -0.1) is 0 Å². The maximum Gasteiger partial charge on any atom is 0.405 e. The van der Waals surface area contributed by atoms with Gasteiger partial charge in [-0.3, -0.25) is 14.4 Å². The van der Waals surface area contributed by atoms with E-state index in [-0.39, 0.29) is 28.5 Å². The number of carbonyl (C=O) groups excluding carboxylic acids is 3. The van der Waals surface area contributed by atoms with Crippen LogP contribution in [0.4, 0.5) is 24.5 Å². The van der Waals surface area contributed by atoms with Crippen molar-refractivity contribution < 1.29 is 27.6 Å². The van der Waals surface area contributed by atoms with Gasteiger partial charge in [0.1, 0.15) is 6.54 Å². The van der Waals surface area contributed by atoms with Crippen LogP contribution in [0.2, 0.25) is 0 Å². The van der Waals surface area contributed by atoms with Crippen LogP contribution in [0, 0.1) is 0 Å². The van der Waals surface area contributed by atoms with E-state index in [9.17, 15) is 27.6 Å². The molecule has 0 unspecified atom stereocenters. The average Bonchev–Trinajstić information content (AvgIpc) is 3.21. The highest BCUT2D eigenvalue weighted by molar-refractivity contribution is 7.99. The molecule has 0 fully saturated rings. The molecule has 0 radical (unpaired) electrons. The van der Waals surface area contributed by atoms with Gasteiger partial charge in [-0.25, -0.2) is 4.98 Å². The largest absolute Gasteiger partial charge is 0.405 e. The molecule has 0 spiro atoms. The molecular weight excluding hydrogens is 471 g/mol. The molecule has 0 aliphatic rings. The summed E-state index contributed by atoms with van der Waals surface area (Å²) in [4.78, 5) is 40.6. The summed E-state index contributed by atoms with van der Waals surface area (Å²) in [5.41, 5.74) is 1.01. The molecule has 3 aromatic rings. The van der Waals surface area contributed by atoms with Gasteiger partial charge >= 0.3 is 6.18 Å². The van der Waals surface area contributed by atoms with Gasteiger partial charge in [0.2, 0.25) is 5.91 Å². The number of amides is 3. The van der Waals surface area contributed by atoms with E-state index >= 15 is 0 Å². The number of anilines is 2. The van der Waals surface area contributed by atoms with Crippen LogP contribution >= 0.6 is 11.8 Å². The van der Waals surface area contributed by atoms with Gasteiger partial charge in [0, 0.05) is 41.9 Å². The molecule has 0 atom stereocenters. The fraction of sp³-hybridized carbons (Fsp3) is 0.182. The molecule has 8 nitrogen and oxygen atoms in total. The minimum absolute atomic E-state index is 0.0245. The highest BCUT2D eigenvalue weighted by Gasteiger charge is 2.27. The Morgan fingerprint density at radius 2 is 1.71 bits per heavy atom. The summed E-state index contributed by atoms with van der Waals surface area (Å²) in [6.07, 6.45) is -1.10. The van der Waals surface area contributed by atoms with Crippen LogP contribution in [0.1, 0.15) is 20.7 Å². The summed E-state index contributed by atoms with van der Waals surface area (Å²) >= 11 is 1.29. The number of aromatic nitrogens is 2. The molecule has 0 saturated heterocycles. The molecule has 0 bridgehead atoms. The number of alkyl halides is 3. The van der Waals surface area contributed by atoms with E-state index in [4.69, 9.17) is 0 Å². The molecule has 12 heteroatoms. The first-order valence-electron chi connectivity index (χ1n) is 9.87. The third-order valence-electron chi connectivity index (χ3n) is 4.37. The quantitative estimate of drug-likeness (QED) is 0.417. The van der Waals surface area contributed by atoms with Crippen LogP contribution in [0.3, 0.4) is 0 Å². The first-order chi connectivity index (χ1) is 16.1. The fourth-order valence-electron chi connectivity index (χ4n) is 2.75. The van der Waals surface area contributed by atoms with Crippen LogP contribution in [-0.2, 0) is 11.8 Å². The van der Waals surface area contributed by atoms with Gasteiger partial charge in [0.25, 0.3) is 11.8 Å². The number of imidazole rings is 1. The van der Waals surface area contributed by atoms with E-state index in [1.54, 1.807) is 34.4 Å². The van der Waals surface area contributed by atoms with Gasteiger partial charge in [-0.2, -0.15) is 13.2 Å². The third-order valence-corrected chi connectivity index (χ3v) is 5.43. The smallest absolute Gasteiger partial charge is 0.343 e. The molecule has 0 aliphatic heterocycles. The Morgan fingerprint density at radius 1 is 0.971 bits per heavy atom. The van der Waals surface area contributed by atoms with Crippen LogP contribution in [0.15, 0.2) is 66.1 Å². The summed E-state index contributed by atoms with van der Waals surface area (Å²) in [7, 11) is 1.83. The number of hydrogen-bond acceptors (Lipinski definition) is 5. The van der Waals surface area contributed by atoms with E-state index in [2.05, 4.69) is 15.6 Å². The Bertz CT molecular complexity index is 1180. The predicted molar refractivity (Wildman–Crippen MR) is 122 cm³/mol. The second kappa shape index (κ2) is 10.9. The number of aryl methyl sites for hydroxylation is 1. The molecule has 3 amide bonds. The minimum Gasteiger partial charge on any atom is -0.343 e. The van der Waals surface area contributed by atoms with Crippen LogP contribution < -0.4 is 16.0 Å². The van der Waals surface area contributed by atoms with Crippen molar-refractivity contribution in [3.05, 3.63) is 72.1 Å². The van der Waals surface area contributed by atoms with Crippen molar-refractivity contribution in [3.8, 4) is 0 Å². The Kier molecular flexibility index (Phi) is 7.95. The van der Waals surface area contributed by atoms with Crippen molar-refractivity contribution in [1.29, 1.82) is 0 Å². The number of nitrogens with zero attached hydrogens (tertiary/aromatic N) is 2. The molecule has 0 saturated carbocycles. The van der Waals surface area contributed by atoms with Crippen molar-refractivity contribution in [3.63, 3.8) is 0 Å². The van der Waals surface area contributed by atoms with Crippen molar-refractivity contribution in [2.45, 2.75) is 11.3 Å². The van der Waals surface area contributed by atoms with Crippen molar-refractivity contribution in [2.75, 3.05) is 22.9 Å². The summed E-state index contributed by atoms with van der Waals surface area (Å²) in [6.45, 7) is -1.45. The van der Waals surface area contributed by atoms with Gasteiger partial charge in [0.05, 0.1) is 5.75 Å². The highest BCUT2D eigenvalue weighted by Crippen LogP contribution is 2.17.